The fourth-order valence-electron chi connectivity index (χ4n) is 5.63. The van der Waals surface area contributed by atoms with E-state index in [0.717, 1.165) is 49.4 Å². The average Bonchev–Trinajstić information content (AvgIpc) is 2.73. The molecular formula is C26H25F2NO. The molecule has 3 aromatic rings. The second kappa shape index (κ2) is 7.57. The van der Waals surface area contributed by atoms with Gasteiger partial charge in [-0.15, -0.1) is 0 Å². The Bertz CT molecular complexity index is 1090. The van der Waals surface area contributed by atoms with Gasteiger partial charge in [-0.3, -0.25) is 9.78 Å². The van der Waals surface area contributed by atoms with Crippen molar-refractivity contribution >= 4 is 16.7 Å². The molecule has 30 heavy (non-hydrogen) atoms. The molecule has 0 radical (unpaired) electrons. The smallest absolute Gasteiger partial charge is 0.140 e. The van der Waals surface area contributed by atoms with Crippen LogP contribution >= 0.6 is 0 Å². The molecule has 1 heterocycles. The van der Waals surface area contributed by atoms with E-state index in [1.807, 2.05) is 12.3 Å². The maximum atomic E-state index is 13.8. The monoisotopic (exact) mass is 405 g/mol. The Labute approximate surface area is 175 Å². The SMILES string of the molecule is O=C(Cc1ccccc1F)C1CC2(CCC(c3ccnc4ccc(F)cc34)CC2)C1. The van der Waals surface area contributed by atoms with E-state index >= 15 is 0 Å². The van der Waals surface area contributed by atoms with Crippen LogP contribution in [0.25, 0.3) is 10.9 Å². The highest BCUT2D eigenvalue weighted by atomic mass is 19.1. The van der Waals surface area contributed by atoms with Gasteiger partial charge >= 0.3 is 0 Å². The van der Waals surface area contributed by atoms with Crippen molar-refractivity contribution in [2.24, 2.45) is 11.3 Å². The lowest BCUT2D eigenvalue weighted by Gasteiger charge is -2.51. The molecule has 2 aliphatic rings. The Morgan fingerprint density at radius 1 is 1.03 bits per heavy atom. The van der Waals surface area contributed by atoms with Crippen LogP contribution in [0.4, 0.5) is 8.78 Å². The molecule has 2 aromatic carbocycles. The average molecular weight is 405 g/mol. The maximum Gasteiger partial charge on any atom is 0.140 e. The number of aromatic nitrogens is 1. The van der Waals surface area contributed by atoms with Crippen molar-refractivity contribution in [2.75, 3.05) is 0 Å². The second-order valence-electron chi connectivity index (χ2n) is 9.18. The lowest BCUT2D eigenvalue weighted by atomic mass is 9.53. The molecule has 0 amide bonds. The van der Waals surface area contributed by atoms with E-state index < -0.39 is 0 Å². The molecule has 0 bridgehead atoms. The summed E-state index contributed by atoms with van der Waals surface area (Å²) in [5, 5.41) is 0.921. The van der Waals surface area contributed by atoms with Crippen molar-refractivity contribution in [3.63, 3.8) is 0 Å². The summed E-state index contributed by atoms with van der Waals surface area (Å²) in [7, 11) is 0. The van der Waals surface area contributed by atoms with Crippen molar-refractivity contribution in [2.45, 2.75) is 50.9 Å². The first-order chi connectivity index (χ1) is 14.5. The fraction of sp³-hybridized carbons (Fsp3) is 0.385. The number of Topliss-reactive ketones (excluding diaryl/α,β-unsaturated/α-hetero) is 1. The molecule has 0 unspecified atom stereocenters. The number of hydrogen-bond acceptors (Lipinski definition) is 2. The van der Waals surface area contributed by atoms with Crippen LogP contribution in [0.1, 0.15) is 55.6 Å². The number of fused-ring (bicyclic) bond motifs is 1. The van der Waals surface area contributed by atoms with Gasteiger partial charge < -0.3 is 0 Å². The molecule has 4 heteroatoms. The van der Waals surface area contributed by atoms with Gasteiger partial charge in [-0.25, -0.2) is 8.78 Å². The third kappa shape index (κ3) is 3.53. The normalized spacial score (nSPS) is 25.9. The largest absolute Gasteiger partial charge is 0.299 e. The van der Waals surface area contributed by atoms with Gasteiger partial charge in [-0.05, 0) is 91.3 Å². The second-order valence-corrected chi connectivity index (χ2v) is 9.18. The van der Waals surface area contributed by atoms with Crippen LogP contribution in [0.3, 0.4) is 0 Å². The summed E-state index contributed by atoms with van der Waals surface area (Å²) in [5.74, 6) is 0.136. The molecule has 0 saturated heterocycles. The van der Waals surface area contributed by atoms with Crippen molar-refractivity contribution in [1.82, 2.24) is 4.98 Å². The summed E-state index contributed by atoms with van der Waals surface area (Å²) in [4.78, 5) is 17.0. The van der Waals surface area contributed by atoms with Crippen molar-refractivity contribution < 1.29 is 13.6 Å². The number of pyridine rings is 1. The van der Waals surface area contributed by atoms with Gasteiger partial charge in [0.05, 0.1) is 5.52 Å². The van der Waals surface area contributed by atoms with Crippen LogP contribution in [-0.4, -0.2) is 10.8 Å². The summed E-state index contributed by atoms with van der Waals surface area (Å²) in [6.45, 7) is 0. The highest BCUT2D eigenvalue weighted by molar-refractivity contribution is 5.84. The minimum atomic E-state index is -0.290. The molecule has 2 saturated carbocycles. The topological polar surface area (TPSA) is 30.0 Å². The standard InChI is InChI=1S/C26H25F2NO/c27-20-5-6-24-22(14-20)21(9-12-29-24)17-7-10-26(11-8-17)15-19(16-26)25(30)13-18-3-1-2-4-23(18)28/h1-6,9,12,14,17,19H,7-8,10-11,13,15-16H2. The highest BCUT2D eigenvalue weighted by Crippen LogP contribution is 2.57. The molecule has 0 N–H and O–H groups in total. The highest BCUT2D eigenvalue weighted by Gasteiger charge is 2.48. The van der Waals surface area contributed by atoms with Crippen LogP contribution in [0.15, 0.2) is 54.7 Å². The Balaban J connectivity index is 1.22. The number of rotatable bonds is 4. The van der Waals surface area contributed by atoms with E-state index in [1.54, 1.807) is 30.3 Å². The molecule has 0 atom stereocenters. The van der Waals surface area contributed by atoms with Crippen LogP contribution in [0, 0.1) is 23.0 Å². The summed E-state index contributed by atoms with van der Waals surface area (Å²) in [5.41, 5.74) is 2.81. The van der Waals surface area contributed by atoms with E-state index in [2.05, 4.69) is 4.98 Å². The Morgan fingerprint density at radius 2 is 1.80 bits per heavy atom. The first-order valence-corrected chi connectivity index (χ1v) is 10.8. The van der Waals surface area contributed by atoms with Gasteiger partial charge in [0, 0.05) is 23.9 Å². The van der Waals surface area contributed by atoms with Gasteiger partial charge in [0.25, 0.3) is 0 Å². The van der Waals surface area contributed by atoms with Gasteiger partial charge in [0.1, 0.15) is 17.4 Å². The summed E-state index contributed by atoms with van der Waals surface area (Å²) in [6, 6.07) is 13.4. The third-order valence-corrected chi connectivity index (χ3v) is 7.36. The first kappa shape index (κ1) is 19.3. The zero-order valence-electron chi connectivity index (χ0n) is 16.9. The Kier molecular flexibility index (Phi) is 4.88. The number of benzene rings is 2. The van der Waals surface area contributed by atoms with Crippen molar-refractivity contribution in [3.8, 4) is 0 Å². The van der Waals surface area contributed by atoms with Crippen molar-refractivity contribution in [3.05, 3.63) is 77.5 Å². The molecule has 2 nitrogen and oxygen atoms in total. The predicted molar refractivity (Wildman–Crippen MR) is 113 cm³/mol. The summed E-state index contributed by atoms with van der Waals surface area (Å²) < 4.78 is 27.6. The van der Waals surface area contributed by atoms with Gasteiger partial charge in [0.2, 0.25) is 0 Å². The lowest BCUT2D eigenvalue weighted by molar-refractivity contribution is -0.131. The van der Waals surface area contributed by atoms with E-state index in [9.17, 15) is 13.6 Å². The van der Waals surface area contributed by atoms with E-state index in [-0.39, 0.29) is 35.2 Å². The Morgan fingerprint density at radius 3 is 2.57 bits per heavy atom. The molecule has 1 aromatic heterocycles. The number of carbonyl (C=O) groups excluding carboxylic acids is 1. The minimum Gasteiger partial charge on any atom is -0.299 e. The molecule has 2 aliphatic carbocycles. The molecule has 2 fully saturated rings. The maximum absolute atomic E-state index is 13.8. The molecule has 154 valence electrons. The summed E-state index contributed by atoms with van der Waals surface area (Å²) >= 11 is 0. The Hall–Kier alpha value is -2.62. The predicted octanol–water partition coefficient (Wildman–Crippen LogP) is 6.38. The fourth-order valence-corrected chi connectivity index (χ4v) is 5.63. The molecule has 0 aliphatic heterocycles. The van der Waals surface area contributed by atoms with Crippen molar-refractivity contribution in [1.29, 1.82) is 0 Å². The minimum absolute atomic E-state index is 0.0667. The first-order valence-electron chi connectivity index (χ1n) is 10.8. The van der Waals surface area contributed by atoms with E-state index in [1.165, 1.54) is 17.7 Å². The van der Waals surface area contributed by atoms with Gasteiger partial charge in [-0.1, -0.05) is 18.2 Å². The van der Waals surface area contributed by atoms with E-state index in [4.69, 9.17) is 0 Å². The molecular weight excluding hydrogens is 380 g/mol. The number of nitrogens with zero attached hydrogens (tertiary/aromatic N) is 1. The van der Waals surface area contributed by atoms with E-state index in [0.29, 0.717) is 11.5 Å². The number of halogens is 2. The summed E-state index contributed by atoms with van der Waals surface area (Å²) in [6.07, 6.45) is 8.19. The van der Waals surface area contributed by atoms with Crippen LogP contribution in [-0.2, 0) is 11.2 Å². The van der Waals surface area contributed by atoms with Crippen LogP contribution < -0.4 is 0 Å². The van der Waals surface area contributed by atoms with Gasteiger partial charge in [-0.2, -0.15) is 0 Å². The molecule has 1 spiro atoms. The third-order valence-electron chi connectivity index (χ3n) is 7.36. The van der Waals surface area contributed by atoms with Gasteiger partial charge in [0.15, 0.2) is 0 Å². The zero-order chi connectivity index (χ0) is 20.7. The van der Waals surface area contributed by atoms with Crippen LogP contribution in [0.5, 0.6) is 0 Å². The number of carbonyl (C=O) groups is 1. The zero-order valence-corrected chi connectivity index (χ0v) is 16.9. The quantitative estimate of drug-likeness (QED) is 0.504. The molecule has 5 rings (SSSR count). The number of ketones is 1. The number of hydrogen-bond donors (Lipinski definition) is 0. The lowest BCUT2D eigenvalue weighted by Crippen LogP contribution is -2.43. The van der Waals surface area contributed by atoms with Crippen LogP contribution in [0.2, 0.25) is 0 Å².